The molecule has 0 aliphatic rings. The Labute approximate surface area is 140 Å². The molecule has 0 fully saturated rings. The van der Waals surface area contributed by atoms with Crippen LogP contribution in [0.5, 0.6) is 5.75 Å². The molecule has 0 aliphatic heterocycles. The lowest BCUT2D eigenvalue weighted by atomic mass is 10.1. The first-order valence-corrected chi connectivity index (χ1v) is 7.75. The summed E-state index contributed by atoms with van der Waals surface area (Å²) in [6.07, 6.45) is 1.75. The number of nitrogens with one attached hydrogen (secondary N) is 1. The van der Waals surface area contributed by atoms with Crippen LogP contribution >= 0.6 is 11.6 Å². The molecule has 1 heterocycles. The van der Waals surface area contributed by atoms with Crippen molar-refractivity contribution in [3.63, 3.8) is 0 Å². The van der Waals surface area contributed by atoms with Crippen molar-refractivity contribution in [1.82, 2.24) is 10.3 Å². The number of nitrogens with two attached hydrogens (primary N) is 1. The van der Waals surface area contributed by atoms with Crippen molar-refractivity contribution in [3.05, 3.63) is 58.4 Å². The van der Waals surface area contributed by atoms with Crippen LogP contribution in [0.1, 0.15) is 34.6 Å². The highest BCUT2D eigenvalue weighted by Gasteiger charge is 2.16. The highest BCUT2D eigenvalue weighted by Crippen LogP contribution is 2.24. The summed E-state index contributed by atoms with van der Waals surface area (Å²) in [6, 6.07) is 8.60. The van der Waals surface area contributed by atoms with Crippen LogP contribution in [0.2, 0.25) is 5.02 Å². The van der Waals surface area contributed by atoms with Crippen LogP contribution < -0.4 is 15.8 Å². The number of carbonyl (C=O) groups is 1. The predicted molar refractivity (Wildman–Crippen MR) is 90.9 cm³/mol. The van der Waals surface area contributed by atoms with Gasteiger partial charge in [-0.2, -0.15) is 0 Å². The van der Waals surface area contributed by atoms with Gasteiger partial charge < -0.3 is 15.8 Å². The maximum Gasteiger partial charge on any atom is 0.255 e. The van der Waals surface area contributed by atoms with Crippen molar-refractivity contribution in [2.45, 2.75) is 19.9 Å². The van der Waals surface area contributed by atoms with Gasteiger partial charge in [-0.3, -0.25) is 9.78 Å². The van der Waals surface area contributed by atoms with Gasteiger partial charge in [0.15, 0.2) is 0 Å². The van der Waals surface area contributed by atoms with Crippen LogP contribution in [0, 0.1) is 6.92 Å². The lowest BCUT2D eigenvalue weighted by Crippen LogP contribution is -2.27. The van der Waals surface area contributed by atoms with Gasteiger partial charge in [-0.1, -0.05) is 17.7 Å². The lowest BCUT2D eigenvalue weighted by Gasteiger charge is -2.16. The van der Waals surface area contributed by atoms with Crippen molar-refractivity contribution in [3.8, 4) is 5.75 Å². The topological polar surface area (TPSA) is 77.2 Å². The highest BCUT2D eigenvalue weighted by molar-refractivity contribution is 6.31. The smallest absolute Gasteiger partial charge is 0.255 e. The monoisotopic (exact) mass is 333 g/mol. The minimum Gasteiger partial charge on any atom is -0.491 e. The number of aromatic nitrogens is 1. The van der Waals surface area contributed by atoms with E-state index in [4.69, 9.17) is 22.1 Å². The van der Waals surface area contributed by atoms with Gasteiger partial charge in [-0.15, -0.1) is 0 Å². The van der Waals surface area contributed by atoms with E-state index in [0.717, 1.165) is 11.3 Å². The molecular formula is C17H20ClN3O2. The third-order valence-electron chi connectivity index (χ3n) is 3.34. The largest absolute Gasteiger partial charge is 0.491 e. The van der Waals surface area contributed by atoms with Crippen molar-refractivity contribution >= 4 is 17.5 Å². The number of rotatable bonds is 6. The van der Waals surface area contributed by atoms with E-state index >= 15 is 0 Å². The minimum atomic E-state index is -0.257. The first-order chi connectivity index (χ1) is 11.0. The van der Waals surface area contributed by atoms with E-state index in [0.29, 0.717) is 29.5 Å². The number of benzene rings is 1. The zero-order chi connectivity index (χ0) is 16.8. The van der Waals surface area contributed by atoms with E-state index in [2.05, 4.69) is 10.3 Å². The predicted octanol–water partition coefficient (Wildman–Crippen LogP) is 2.87. The average Bonchev–Trinajstić information content (AvgIpc) is 2.54. The molecule has 0 aliphatic carbocycles. The Kier molecular flexibility index (Phi) is 5.96. The van der Waals surface area contributed by atoms with Gasteiger partial charge >= 0.3 is 0 Å². The molecule has 1 aromatic heterocycles. The molecule has 5 nitrogen and oxygen atoms in total. The molecule has 1 amide bonds. The number of hydrogen-bond acceptors (Lipinski definition) is 4. The van der Waals surface area contributed by atoms with Crippen LogP contribution in [0.3, 0.4) is 0 Å². The molecule has 0 unspecified atom stereocenters. The standard InChI is InChI=1S/C17H20ClN3O2/c1-11-3-4-13(10-20-11)12(2)21-17(22)15-9-14(18)5-6-16(15)23-8-7-19/h3-6,9-10,12H,7-8,19H2,1-2H3,(H,21,22)/t12-/m1/s1. The number of amides is 1. The van der Waals surface area contributed by atoms with E-state index in [1.54, 1.807) is 24.4 Å². The van der Waals surface area contributed by atoms with Crippen LogP contribution in [0.4, 0.5) is 0 Å². The molecule has 0 radical (unpaired) electrons. The summed E-state index contributed by atoms with van der Waals surface area (Å²) >= 11 is 6.00. The minimum absolute atomic E-state index is 0.183. The molecule has 1 aromatic carbocycles. The number of pyridine rings is 1. The van der Waals surface area contributed by atoms with Gasteiger partial charge in [0.25, 0.3) is 5.91 Å². The van der Waals surface area contributed by atoms with E-state index in [-0.39, 0.29) is 11.9 Å². The zero-order valence-electron chi connectivity index (χ0n) is 13.2. The maximum atomic E-state index is 12.5. The lowest BCUT2D eigenvalue weighted by molar-refractivity contribution is 0.0936. The fraction of sp³-hybridized carbons (Fsp3) is 0.294. The fourth-order valence-electron chi connectivity index (χ4n) is 2.07. The summed E-state index contributed by atoms with van der Waals surface area (Å²) in [7, 11) is 0. The van der Waals surface area contributed by atoms with Crippen LogP contribution in [0.25, 0.3) is 0 Å². The molecule has 122 valence electrons. The maximum absolute atomic E-state index is 12.5. The second-order valence-corrected chi connectivity index (χ2v) is 5.64. The van der Waals surface area contributed by atoms with Gasteiger partial charge in [0.2, 0.25) is 0 Å². The highest BCUT2D eigenvalue weighted by atomic mass is 35.5. The van der Waals surface area contributed by atoms with Gasteiger partial charge in [0.05, 0.1) is 11.6 Å². The number of carbonyl (C=O) groups excluding carboxylic acids is 1. The molecule has 0 saturated carbocycles. The summed E-state index contributed by atoms with van der Waals surface area (Å²) in [5, 5.41) is 3.40. The number of hydrogen-bond donors (Lipinski definition) is 2. The third-order valence-corrected chi connectivity index (χ3v) is 3.58. The van der Waals surface area contributed by atoms with Crippen LogP contribution in [0.15, 0.2) is 36.5 Å². The molecule has 23 heavy (non-hydrogen) atoms. The molecule has 3 N–H and O–H groups in total. The summed E-state index contributed by atoms with van der Waals surface area (Å²) in [5.41, 5.74) is 7.69. The molecule has 0 spiro atoms. The first-order valence-electron chi connectivity index (χ1n) is 7.37. The van der Waals surface area contributed by atoms with E-state index in [1.165, 1.54) is 0 Å². The van der Waals surface area contributed by atoms with E-state index < -0.39 is 0 Å². The Morgan fingerprint density at radius 1 is 1.39 bits per heavy atom. The van der Waals surface area contributed by atoms with Gasteiger partial charge in [-0.25, -0.2) is 0 Å². The van der Waals surface area contributed by atoms with Crippen molar-refractivity contribution in [2.24, 2.45) is 5.73 Å². The van der Waals surface area contributed by atoms with E-state index in [1.807, 2.05) is 26.0 Å². The first kappa shape index (κ1) is 17.2. The number of nitrogens with zero attached hydrogens (tertiary/aromatic N) is 1. The summed E-state index contributed by atoms with van der Waals surface area (Å²) in [4.78, 5) is 16.8. The second kappa shape index (κ2) is 7.94. The van der Waals surface area contributed by atoms with Crippen molar-refractivity contribution in [2.75, 3.05) is 13.2 Å². The quantitative estimate of drug-likeness (QED) is 0.852. The van der Waals surface area contributed by atoms with Crippen LogP contribution in [-0.4, -0.2) is 24.0 Å². The molecule has 1 atom stereocenters. The van der Waals surface area contributed by atoms with E-state index in [9.17, 15) is 4.79 Å². The summed E-state index contributed by atoms with van der Waals surface area (Å²) in [6.45, 7) is 4.52. The van der Waals surface area contributed by atoms with Gasteiger partial charge in [-0.05, 0) is 43.7 Å². The Morgan fingerprint density at radius 3 is 2.83 bits per heavy atom. The molecular weight excluding hydrogens is 314 g/mol. The number of halogens is 1. The molecule has 2 rings (SSSR count). The Balaban J connectivity index is 2.16. The average molecular weight is 334 g/mol. The van der Waals surface area contributed by atoms with Gasteiger partial charge in [0.1, 0.15) is 12.4 Å². The third kappa shape index (κ3) is 4.68. The summed E-state index contributed by atoms with van der Waals surface area (Å²) in [5.74, 6) is 0.208. The fourth-order valence-corrected chi connectivity index (χ4v) is 2.24. The Bertz CT molecular complexity index is 674. The number of ether oxygens (including phenoxy) is 1. The Hall–Kier alpha value is -2.11. The van der Waals surface area contributed by atoms with Crippen LogP contribution in [-0.2, 0) is 0 Å². The van der Waals surface area contributed by atoms with Crippen molar-refractivity contribution in [1.29, 1.82) is 0 Å². The zero-order valence-corrected chi connectivity index (χ0v) is 13.9. The summed E-state index contributed by atoms with van der Waals surface area (Å²) < 4.78 is 5.51. The molecule has 2 aromatic rings. The normalized spacial score (nSPS) is 11.8. The second-order valence-electron chi connectivity index (χ2n) is 5.21. The molecule has 0 bridgehead atoms. The van der Waals surface area contributed by atoms with Gasteiger partial charge in [0, 0.05) is 23.5 Å². The molecule has 0 saturated heterocycles. The Morgan fingerprint density at radius 2 is 2.17 bits per heavy atom. The van der Waals surface area contributed by atoms with Crippen molar-refractivity contribution < 1.29 is 9.53 Å². The molecule has 6 heteroatoms. The SMILES string of the molecule is Cc1ccc([C@@H](C)NC(=O)c2cc(Cl)ccc2OCCN)cn1. The number of aryl methyl sites for hydroxylation is 1.